The highest BCUT2D eigenvalue weighted by molar-refractivity contribution is 6.32. The van der Waals surface area contributed by atoms with Crippen LogP contribution in [0.15, 0.2) is 18.6 Å². The van der Waals surface area contributed by atoms with E-state index in [0.29, 0.717) is 11.5 Å². The first-order valence-electron chi connectivity index (χ1n) is 5.15. The number of H-pyrrole nitrogens is 1. The van der Waals surface area contributed by atoms with Crippen molar-refractivity contribution < 1.29 is 4.79 Å². The van der Waals surface area contributed by atoms with E-state index in [9.17, 15) is 4.79 Å². The molecule has 4 N–H and O–H groups in total. The van der Waals surface area contributed by atoms with Gasteiger partial charge in [-0.1, -0.05) is 11.6 Å². The number of aromatic nitrogens is 4. The van der Waals surface area contributed by atoms with Gasteiger partial charge in [-0.15, -0.1) is 0 Å². The number of carbonyl (C=O) groups is 1. The minimum absolute atomic E-state index is 0.103. The minimum atomic E-state index is -0.372. The quantitative estimate of drug-likeness (QED) is 0.716. The second kappa shape index (κ2) is 5.01. The maximum Gasteiger partial charge on any atom is 0.255 e. The van der Waals surface area contributed by atoms with Gasteiger partial charge in [0.05, 0.1) is 23.5 Å². The molecule has 0 aliphatic heterocycles. The Bertz CT molecular complexity index is 556. The average Bonchev–Trinajstić information content (AvgIpc) is 2.85. The molecule has 2 aromatic rings. The lowest BCUT2D eigenvalue weighted by atomic mass is 10.2. The van der Waals surface area contributed by atoms with Crippen LogP contribution in [0, 0.1) is 0 Å². The highest BCUT2D eigenvalue weighted by Gasteiger charge is 2.16. The Labute approximate surface area is 108 Å². The topological polar surface area (TPSA) is 110 Å². The fraction of sp³-hybridized carbons (Fsp3) is 0.200. The van der Waals surface area contributed by atoms with E-state index in [1.54, 1.807) is 6.92 Å². The van der Waals surface area contributed by atoms with E-state index in [0.717, 1.165) is 0 Å². The summed E-state index contributed by atoms with van der Waals surface area (Å²) in [5.41, 5.74) is 6.16. The van der Waals surface area contributed by atoms with Crippen molar-refractivity contribution in [2.75, 3.05) is 5.73 Å². The van der Waals surface area contributed by atoms with Gasteiger partial charge in [-0.3, -0.25) is 9.89 Å². The molecule has 0 fully saturated rings. The number of pyridine rings is 1. The third-order valence-electron chi connectivity index (χ3n) is 2.30. The van der Waals surface area contributed by atoms with Gasteiger partial charge in [-0.05, 0) is 13.0 Å². The van der Waals surface area contributed by atoms with Gasteiger partial charge in [-0.2, -0.15) is 5.10 Å². The molecule has 1 atom stereocenters. The lowest BCUT2D eigenvalue weighted by Gasteiger charge is -2.11. The number of amides is 1. The van der Waals surface area contributed by atoms with E-state index in [-0.39, 0.29) is 22.7 Å². The molecule has 1 unspecified atom stereocenters. The van der Waals surface area contributed by atoms with E-state index >= 15 is 0 Å². The Hall–Kier alpha value is -2.15. The average molecular weight is 267 g/mol. The molecule has 0 spiro atoms. The van der Waals surface area contributed by atoms with Gasteiger partial charge >= 0.3 is 0 Å². The van der Waals surface area contributed by atoms with Gasteiger partial charge in [-0.25, -0.2) is 9.97 Å². The highest BCUT2D eigenvalue weighted by Crippen LogP contribution is 2.16. The third-order valence-corrected chi connectivity index (χ3v) is 2.60. The Balaban J connectivity index is 2.15. The number of rotatable bonds is 3. The molecule has 8 heteroatoms. The molecular weight excluding hydrogens is 256 g/mol. The van der Waals surface area contributed by atoms with Crippen LogP contribution in [-0.4, -0.2) is 26.1 Å². The molecule has 0 aliphatic rings. The van der Waals surface area contributed by atoms with Gasteiger partial charge < -0.3 is 11.1 Å². The highest BCUT2D eigenvalue weighted by atomic mass is 35.5. The molecule has 2 heterocycles. The summed E-state index contributed by atoms with van der Waals surface area (Å²) in [4.78, 5) is 19.7. The summed E-state index contributed by atoms with van der Waals surface area (Å²) in [5.74, 6) is 0.181. The van der Waals surface area contributed by atoms with Gasteiger partial charge in [0.2, 0.25) is 0 Å². The molecule has 0 bridgehead atoms. The van der Waals surface area contributed by atoms with Crippen LogP contribution in [0.5, 0.6) is 0 Å². The number of nitrogens with zero attached hydrogens (tertiary/aromatic N) is 3. The van der Waals surface area contributed by atoms with Crippen molar-refractivity contribution in [2.24, 2.45) is 0 Å². The number of anilines is 1. The van der Waals surface area contributed by atoms with Gasteiger partial charge in [0.15, 0.2) is 0 Å². The number of nitrogens with one attached hydrogen (secondary N) is 2. The monoisotopic (exact) mass is 266 g/mol. The van der Waals surface area contributed by atoms with Crippen LogP contribution in [0.4, 0.5) is 5.69 Å². The molecule has 7 nitrogen and oxygen atoms in total. The predicted molar refractivity (Wildman–Crippen MR) is 65.9 cm³/mol. The van der Waals surface area contributed by atoms with Crippen molar-refractivity contribution in [1.82, 2.24) is 25.5 Å². The van der Waals surface area contributed by atoms with E-state index in [4.69, 9.17) is 17.3 Å². The molecule has 94 valence electrons. The Morgan fingerprint density at radius 2 is 2.33 bits per heavy atom. The zero-order chi connectivity index (χ0) is 13.1. The normalized spacial score (nSPS) is 12.1. The van der Waals surface area contributed by atoms with Gasteiger partial charge in [0, 0.05) is 0 Å². The zero-order valence-corrected chi connectivity index (χ0v) is 10.3. The van der Waals surface area contributed by atoms with Crippen molar-refractivity contribution in [3.05, 3.63) is 35.1 Å². The molecule has 2 aromatic heterocycles. The molecule has 0 aromatic carbocycles. The first-order valence-corrected chi connectivity index (χ1v) is 5.53. The fourth-order valence-corrected chi connectivity index (χ4v) is 1.58. The summed E-state index contributed by atoms with van der Waals surface area (Å²) in [6, 6.07) is 1.15. The van der Waals surface area contributed by atoms with E-state index in [2.05, 4.69) is 25.5 Å². The maximum absolute atomic E-state index is 12.0. The van der Waals surface area contributed by atoms with E-state index < -0.39 is 0 Å². The lowest BCUT2D eigenvalue weighted by molar-refractivity contribution is 0.0938. The second-order valence-corrected chi connectivity index (χ2v) is 4.03. The van der Waals surface area contributed by atoms with E-state index in [1.807, 2.05) is 0 Å². The summed E-state index contributed by atoms with van der Waals surface area (Å²) >= 11 is 5.84. The summed E-state index contributed by atoms with van der Waals surface area (Å²) in [6.45, 7) is 1.77. The number of aromatic amines is 1. The fourth-order valence-electron chi connectivity index (χ4n) is 1.39. The summed E-state index contributed by atoms with van der Waals surface area (Å²) in [7, 11) is 0. The van der Waals surface area contributed by atoms with Crippen molar-refractivity contribution >= 4 is 23.2 Å². The molecule has 0 radical (unpaired) electrons. The Morgan fingerprint density at radius 3 is 3.00 bits per heavy atom. The smallest absolute Gasteiger partial charge is 0.255 e. The predicted octanol–water partition coefficient (Wildman–Crippen LogP) is 0.926. The van der Waals surface area contributed by atoms with Crippen LogP contribution < -0.4 is 11.1 Å². The molecule has 1 amide bonds. The zero-order valence-electron chi connectivity index (χ0n) is 9.51. The number of hydrogen-bond donors (Lipinski definition) is 3. The molecule has 0 saturated heterocycles. The Kier molecular flexibility index (Phi) is 3.42. The number of carbonyl (C=O) groups excluding carboxylic acids is 1. The van der Waals surface area contributed by atoms with Crippen LogP contribution >= 0.6 is 11.6 Å². The summed E-state index contributed by atoms with van der Waals surface area (Å²) in [5, 5.41) is 9.20. The Morgan fingerprint density at radius 1 is 1.56 bits per heavy atom. The molecule has 0 aliphatic carbocycles. The number of nitrogen functional groups attached to an aromatic ring is 1. The third kappa shape index (κ3) is 2.57. The first-order chi connectivity index (χ1) is 8.58. The van der Waals surface area contributed by atoms with Crippen LogP contribution in [0.25, 0.3) is 0 Å². The molecule has 2 rings (SSSR count). The van der Waals surface area contributed by atoms with Crippen molar-refractivity contribution in [3.8, 4) is 0 Å². The minimum Gasteiger partial charge on any atom is -0.397 e. The van der Waals surface area contributed by atoms with Gasteiger partial charge in [0.1, 0.15) is 17.3 Å². The van der Waals surface area contributed by atoms with Gasteiger partial charge in [0.25, 0.3) is 5.91 Å². The molecular formula is C10H11ClN6O. The molecule has 18 heavy (non-hydrogen) atoms. The standard InChI is InChI=1S/C10H11ClN6O/c1-5(9-14-4-15-17-9)16-10(18)7-2-6(12)3-13-8(7)11/h2-5H,12H2,1H3,(H,16,18)(H,14,15,17). The van der Waals surface area contributed by atoms with Crippen LogP contribution in [0.2, 0.25) is 5.15 Å². The number of hydrogen-bond acceptors (Lipinski definition) is 5. The number of halogens is 1. The van der Waals surface area contributed by atoms with Crippen molar-refractivity contribution in [3.63, 3.8) is 0 Å². The van der Waals surface area contributed by atoms with Crippen LogP contribution in [0.1, 0.15) is 29.1 Å². The SMILES string of the molecule is CC(NC(=O)c1cc(N)cnc1Cl)c1ncn[nH]1. The van der Waals surface area contributed by atoms with Crippen molar-refractivity contribution in [2.45, 2.75) is 13.0 Å². The summed E-state index contributed by atoms with van der Waals surface area (Å²) in [6.07, 6.45) is 2.76. The first kappa shape index (κ1) is 12.3. The van der Waals surface area contributed by atoms with Crippen LogP contribution in [0.3, 0.4) is 0 Å². The number of nitrogens with two attached hydrogens (primary N) is 1. The molecule has 0 saturated carbocycles. The maximum atomic E-state index is 12.0. The second-order valence-electron chi connectivity index (χ2n) is 3.67. The van der Waals surface area contributed by atoms with E-state index in [1.165, 1.54) is 18.6 Å². The largest absolute Gasteiger partial charge is 0.397 e. The van der Waals surface area contributed by atoms with Crippen molar-refractivity contribution in [1.29, 1.82) is 0 Å². The lowest BCUT2D eigenvalue weighted by Crippen LogP contribution is -2.27. The van der Waals surface area contributed by atoms with Crippen LogP contribution in [-0.2, 0) is 0 Å². The summed E-state index contributed by atoms with van der Waals surface area (Å²) < 4.78 is 0.